The summed E-state index contributed by atoms with van der Waals surface area (Å²) in [6.45, 7) is 14.2. The van der Waals surface area contributed by atoms with Crippen molar-refractivity contribution in [2.45, 2.75) is 192 Å². The number of alkyl carbamates (subject to hydrolysis) is 1. The number of ether oxygens (including phenoxy) is 5. The molecular formula is C60H93N7O14. The lowest BCUT2D eigenvalue weighted by atomic mass is 9.80. The highest BCUT2D eigenvalue weighted by atomic mass is 16.6. The highest BCUT2D eigenvalue weighted by Crippen LogP contribution is 2.38. The van der Waals surface area contributed by atoms with Crippen LogP contribution in [0, 0.1) is 29.6 Å². The Hall–Kier alpha value is -4.97. The summed E-state index contributed by atoms with van der Waals surface area (Å²) in [5.74, 6) is -7.66. The monoisotopic (exact) mass is 1140 g/mol. The first-order chi connectivity index (χ1) is 38.5. The van der Waals surface area contributed by atoms with E-state index in [1.165, 1.54) is 0 Å². The molecule has 5 aliphatic rings. The number of cyclic esters (lactones) is 1. The van der Waals surface area contributed by atoms with Crippen molar-refractivity contribution in [2.24, 2.45) is 35.3 Å². The zero-order valence-corrected chi connectivity index (χ0v) is 49.2. The minimum absolute atomic E-state index is 0.0337. The SMILES string of the molecule is CO[C@H]1C[C@@H]2CC[C@@H](C)[C@@](O)(O2)C(=O)C(=O)N2CCCC[C@H]2C(=O)O[C@H]([C@H](N)C[C@@H]2CC[C@@H](OC(=O)NCc3cnc(N4CCN(C)CC4)nc3)[C@H](OC)C2)C[C@@H](O)[C@H](C)/C=C(\C)[C@@H](O)[C@@H](O)C(=O)C(C)C[C@H](C)/C=C/C=C/C=C/1C. The number of piperazine rings is 1. The van der Waals surface area contributed by atoms with Crippen molar-refractivity contribution in [3.63, 3.8) is 0 Å². The molecule has 6 rings (SSSR count). The number of amides is 2. The minimum Gasteiger partial charge on any atom is -0.459 e. The Bertz CT molecular complexity index is 2380. The lowest BCUT2D eigenvalue weighted by Gasteiger charge is -2.42. The number of fused-ring (bicyclic) bond motifs is 3. The van der Waals surface area contributed by atoms with Crippen molar-refractivity contribution >= 4 is 35.5 Å². The molecule has 0 aromatic carbocycles. The number of methoxy groups -OCH3 is 2. The van der Waals surface area contributed by atoms with E-state index in [0.29, 0.717) is 69.3 Å². The summed E-state index contributed by atoms with van der Waals surface area (Å²) in [4.78, 5) is 84.5. The van der Waals surface area contributed by atoms with Gasteiger partial charge in [-0.2, -0.15) is 0 Å². The summed E-state index contributed by atoms with van der Waals surface area (Å²) in [5.41, 5.74) is 8.84. The molecule has 21 heteroatoms. The van der Waals surface area contributed by atoms with E-state index >= 15 is 0 Å². The number of hydrogen-bond acceptors (Lipinski definition) is 19. The van der Waals surface area contributed by atoms with Crippen LogP contribution in [0.25, 0.3) is 0 Å². The number of piperidine rings is 1. The predicted octanol–water partition coefficient (Wildman–Crippen LogP) is 4.49. The van der Waals surface area contributed by atoms with Crippen LogP contribution in [0.1, 0.15) is 124 Å². The molecule has 81 heavy (non-hydrogen) atoms. The second kappa shape index (κ2) is 30.5. The van der Waals surface area contributed by atoms with E-state index in [0.717, 1.165) is 36.7 Å². The molecule has 16 atom stereocenters. The fraction of sp³-hybridized carbons (Fsp3) is 0.717. The third-order valence-electron chi connectivity index (χ3n) is 17.3. The standard InChI is InChI=1S/C60H93N7O14/c1-36-15-11-10-12-16-37(2)49(77-8)31-44-20-18-41(6)60(76,81-44)55(72)56(73)67-22-14-13-17-46(67)57(74)79-50(32-47(68)38(3)28-40(5)53(70)54(71)52(69)39(4)27-36)45(61)29-42-19-21-48(51(30-42)78-9)80-59(75)64-35-43-33-62-58(63-34-43)66-25-23-65(7)24-26-66/h10-12,15-16,28,33-34,36,38-39,41-42,44-51,53-54,68,70-71,76H,13-14,17-27,29-32,35,61H2,1-9H3,(H,64,75)/b12-10+,15-11+,37-16+,40-28+/t36-,38-,39?,41-,42+,44+,45-,46+,47-,48-,49+,50+,51-,53-,54+,60-/m1/s1. The Kier molecular flexibility index (Phi) is 24.6. The second-order valence-electron chi connectivity index (χ2n) is 23.7. The van der Waals surface area contributed by atoms with E-state index in [9.17, 15) is 44.4 Å². The fourth-order valence-corrected chi connectivity index (χ4v) is 11.9. The average molecular weight is 1140 g/mol. The van der Waals surface area contributed by atoms with Gasteiger partial charge in [-0.15, -0.1) is 0 Å². The maximum Gasteiger partial charge on any atom is 0.407 e. The number of aliphatic hydroxyl groups excluding tert-OH is 3. The number of Topliss-reactive ketones (excluding diaryl/α,β-unsaturated/α-hetero) is 2. The van der Waals surface area contributed by atoms with Gasteiger partial charge in [0.2, 0.25) is 11.7 Å². The van der Waals surface area contributed by atoms with Gasteiger partial charge in [-0.25, -0.2) is 19.6 Å². The van der Waals surface area contributed by atoms with Gasteiger partial charge in [0.25, 0.3) is 11.7 Å². The highest BCUT2D eigenvalue weighted by molar-refractivity contribution is 6.39. The molecule has 3 saturated heterocycles. The van der Waals surface area contributed by atoms with Gasteiger partial charge in [0.15, 0.2) is 5.78 Å². The molecule has 5 heterocycles. The summed E-state index contributed by atoms with van der Waals surface area (Å²) in [5, 5.41) is 49.1. The molecule has 0 radical (unpaired) electrons. The predicted molar refractivity (Wildman–Crippen MR) is 303 cm³/mol. The van der Waals surface area contributed by atoms with Crippen molar-refractivity contribution in [3.8, 4) is 0 Å². The summed E-state index contributed by atoms with van der Waals surface area (Å²) in [7, 11) is 5.18. The van der Waals surface area contributed by atoms with Crippen molar-refractivity contribution < 1.29 is 68.1 Å². The molecule has 1 aromatic heterocycles. The van der Waals surface area contributed by atoms with E-state index in [4.69, 9.17) is 29.4 Å². The molecule has 21 nitrogen and oxygen atoms in total. The van der Waals surface area contributed by atoms with Gasteiger partial charge in [-0.05, 0) is 108 Å². The number of rotatable bonds is 9. The molecule has 2 amide bonds. The summed E-state index contributed by atoms with van der Waals surface area (Å²) in [6.07, 6.45) is 10.1. The number of hydrogen-bond donors (Lipinski definition) is 6. The van der Waals surface area contributed by atoms with Crippen molar-refractivity contribution in [2.75, 3.05) is 58.9 Å². The van der Waals surface area contributed by atoms with E-state index < -0.39 is 114 Å². The Labute approximate surface area is 478 Å². The van der Waals surface area contributed by atoms with Crippen LogP contribution in [0.3, 0.4) is 0 Å². The molecule has 452 valence electrons. The molecule has 7 N–H and O–H groups in total. The van der Waals surface area contributed by atoms with Crippen molar-refractivity contribution in [1.82, 2.24) is 25.1 Å². The van der Waals surface area contributed by atoms with Gasteiger partial charge in [-0.3, -0.25) is 14.4 Å². The first kappa shape index (κ1) is 65.2. The zero-order valence-electron chi connectivity index (χ0n) is 49.2. The molecule has 4 fully saturated rings. The van der Waals surface area contributed by atoms with Gasteiger partial charge in [0, 0.05) is 108 Å². The number of aromatic nitrogens is 2. The molecule has 4 aliphatic heterocycles. The van der Waals surface area contributed by atoms with E-state index in [1.54, 1.807) is 60.4 Å². The number of anilines is 1. The maximum absolute atomic E-state index is 14.6. The smallest absolute Gasteiger partial charge is 0.407 e. The van der Waals surface area contributed by atoms with Gasteiger partial charge in [-0.1, -0.05) is 64.2 Å². The van der Waals surface area contributed by atoms with Gasteiger partial charge >= 0.3 is 12.1 Å². The molecule has 1 aromatic rings. The number of carbonyl (C=O) groups is 5. The number of ketones is 2. The van der Waals surface area contributed by atoms with Crippen LogP contribution in [-0.2, 0) is 49.4 Å². The lowest BCUT2D eigenvalue weighted by molar-refractivity contribution is -0.265. The van der Waals surface area contributed by atoms with Gasteiger partial charge in [0.05, 0.1) is 24.4 Å². The quantitative estimate of drug-likeness (QED) is 0.113. The summed E-state index contributed by atoms with van der Waals surface area (Å²) < 4.78 is 30.0. The second-order valence-corrected chi connectivity index (χ2v) is 23.7. The molecule has 1 saturated carbocycles. The number of aliphatic hydroxyl groups is 4. The Morgan fingerprint density at radius 3 is 2.25 bits per heavy atom. The fourth-order valence-electron chi connectivity index (χ4n) is 11.9. The Morgan fingerprint density at radius 1 is 0.840 bits per heavy atom. The van der Waals surface area contributed by atoms with E-state index in [-0.39, 0.29) is 49.8 Å². The zero-order chi connectivity index (χ0) is 59.1. The molecule has 0 spiro atoms. The van der Waals surface area contributed by atoms with Gasteiger partial charge < -0.3 is 69.9 Å². The average Bonchev–Trinajstić information content (AvgIpc) is 3.53. The molecule has 1 aliphatic carbocycles. The molecule has 1 unspecified atom stereocenters. The van der Waals surface area contributed by atoms with Crippen LogP contribution < -0.4 is 16.0 Å². The normalized spacial score (nSPS) is 36.9. The Morgan fingerprint density at radius 2 is 1.56 bits per heavy atom. The highest BCUT2D eigenvalue weighted by Gasteiger charge is 2.53. The number of nitrogens with two attached hydrogens (primary N) is 1. The van der Waals surface area contributed by atoms with E-state index in [1.807, 2.05) is 44.2 Å². The van der Waals surface area contributed by atoms with E-state index in [2.05, 4.69) is 32.1 Å². The van der Waals surface area contributed by atoms with Crippen LogP contribution in [0.15, 0.2) is 60.0 Å². The largest absolute Gasteiger partial charge is 0.459 e. The van der Waals surface area contributed by atoms with Crippen LogP contribution in [-0.4, -0.2) is 190 Å². The number of nitrogens with zero attached hydrogens (tertiary/aromatic N) is 5. The van der Waals surface area contributed by atoms with Gasteiger partial charge in [0.1, 0.15) is 30.5 Å². The topological polar surface area (TPSA) is 286 Å². The first-order valence-corrected chi connectivity index (χ1v) is 29.3. The number of esters is 1. The molecule has 2 bridgehead atoms. The number of allylic oxidation sites excluding steroid dienone is 5. The van der Waals surface area contributed by atoms with Crippen LogP contribution in [0.4, 0.5) is 10.7 Å². The number of carbonyl (C=O) groups excluding carboxylic acids is 5. The first-order valence-electron chi connectivity index (χ1n) is 29.3. The third-order valence-corrected chi connectivity index (χ3v) is 17.3. The van der Waals surface area contributed by atoms with Crippen LogP contribution >= 0.6 is 0 Å². The van der Waals surface area contributed by atoms with Crippen LogP contribution in [0.2, 0.25) is 0 Å². The van der Waals surface area contributed by atoms with Crippen molar-refractivity contribution in [3.05, 3.63) is 65.6 Å². The van der Waals surface area contributed by atoms with Crippen LogP contribution in [0.5, 0.6) is 0 Å². The summed E-state index contributed by atoms with van der Waals surface area (Å²) >= 11 is 0. The minimum atomic E-state index is -2.48. The molecular weight excluding hydrogens is 1040 g/mol. The maximum atomic E-state index is 14.6. The third kappa shape index (κ3) is 17.8. The van der Waals surface area contributed by atoms with Crippen molar-refractivity contribution in [1.29, 1.82) is 0 Å². The number of likely N-dealkylation sites (N-methyl/N-ethyl adjacent to an activating group) is 1. The summed E-state index contributed by atoms with van der Waals surface area (Å²) in [6, 6.07) is -2.11. The lowest BCUT2D eigenvalue weighted by Crippen LogP contribution is -2.61. The Balaban J connectivity index is 1.19. The number of nitrogens with one attached hydrogen (secondary N) is 1.